The SMILES string of the molecule is O=P(c1ccccc1)(c1ccccc1)c1ccc2c(c1)c1ccccc1n2-c1cccc(-c2cccc3c2sc2ccc(-c4cccc(-c5cccc(-c6ccccc6)c5)c4)cc23)c1. The van der Waals surface area contributed by atoms with Gasteiger partial charge in [0, 0.05) is 52.5 Å². The number of thiophene rings is 1. The van der Waals surface area contributed by atoms with E-state index in [0.717, 1.165) is 43.4 Å². The number of hydrogen-bond donors (Lipinski definition) is 0. The number of fused-ring (bicyclic) bond motifs is 6. The van der Waals surface area contributed by atoms with Crippen molar-refractivity contribution in [2.75, 3.05) is 0 Å². The summed E-state index contributed by atoms with van der Waals surface area (Å²) < 4.78 is 20.4. The molecule has 2 aromatic heterocycles. The Bertz CT molecular complexity index is 3710. The standard InChI is InChI=1S/C60H40NOPS/c62-63(49-24-6-2-7-25-49,50-26-8-3-9-27-50)51-33-34-58-55(40-51)53-28-10-11-31-57(53)61(58)48-23-14-22-47(38-48)52-29-15-30-54-56-39-46(32-35-59(56)64-60(52)54)45-21-13-20-44(37-45)43-19-12-18-42(36-43)41-16-4-1-5-17-41/h1-40H. The Morgan fingerprint density at radius 2 is 0.859 bits per heavy atom. The molecule has 0 amide bonds. The van der Waals surface area contributed by atoms with E-state index in [0.29, 0.717) is 0 Å². The second-order valence-corrected chi connectivity index (χ2v) is 20.2. The predicted octanol–water partition coefficient (Wildman–Crippen LogP) is 15.5. The third kappa shape index (κ3) is 6.44. The van der Waals surface area contributed by atoms with E-state index in [9.17, 15) is 0 Å². The molecule has 0 saturated carbocycles. The van der Waals surface area contributed by atoms with Gasteiger partial charge in [0.15, 0.2) is 7.14 Å². The predicted molar refractivity (Wildman–Crippen MR) is 275 cm³/mol. The Morgan fingerprint density at radius 1 is 0.328 bits per heavy atom. The molecule has 0 aliphatic rings. The summed E-state index contributed by atoms with van der Waals surface area (Å²) in [6, 6.07) is 85.7. The number of rotatable bonds is 8. The van der Waals surface area contributed by atoms with Crippen LogP contribution >= 0.6 is 18.5 Å². The zero-order valence-corrected chi connectivity index (χ0v) is 36.5. The molecule has 0 aliphatic carbocycles. The van der Waals surface area contributed by atoms with Crippen LogP contribution in [0.2, 0.25) is 0 Å². The third-order valence-electron chi connectivity index (χ3n) is 12.7. The van der Waals surface area contributed by atoms with Crippen molar-refractivity contribution in [2.24, 2.45) is 0 Å². The number of hydrogen-bond acceptors (Lipinski definition) is 2. The van der Waals surface area contributed by atoms with E-state index in [2.05, 4.69) is 187 Å². The molecule has 0 aliphatic heterocycles. The molecule has 0 saturated heterocycles. The molecule has 0 fully saturated rings. The molecule has 10 aromatic carbocycles. The maximum atomic E-state index is 15.5. The van der Waals surface area contributed by atoms with Gasteiger partial charge in [0.25, 0.3) is 0 Å². The van der Waals surface area contributed by atoms with E-state index in [1.54, 1.807) is 0 Å². The maximum Gasteiger partial charge on any atom is 0.171 e. The summed E-state index contributed by atoms with van der Waals surface area (Å²) in [6.07, 6.45) is 0. The Kier molecular flexibility index (Phi) is 9.34. The highest BCUT2D eigenvalue weighted by atomic mass is 32.1. The third-order valence-corrected chi connectivity index (χ3v) is 16.9. The quantitative estimate of drug-likeness (QED) is 0.140. The molecule has 0 spiro atoms. The van der Waals surface area contributed by atoms with Gasteiger partial charge in [-0.15, -0.1) is 11.3 Å². The van der Waals surface area contributed by atoms with E-state index in [1.807, 2.05) is 72.0 Å². The average molecular weight is 854 g/mol. The second kappa shape index (κ2) is 15.7. The van der Waals surface area contributed by atoms with E-state index in [1.165, 1.54) is 64.7 Å². The Balaban J connectivity index is 0.933. The van der Waals surface area contributed by atoms with Gasteiger partial charge < -0.3 is 9.13 Å². The van der Waals surface area contributed by atoms with Gasteiger partial charge in [-0.25, -0.2) is 0 Å². The fourth-order valence-electron chi connectivity index (χ4n) is 9.56. The van der Waals surface area contributed by atoms with Crippen molar-refractivity contribution in [3.05, 3.63) is 243 Å². The van der Waals surface area contributed by atoms with Gasteiger partial charge in [-0.2, -0.15) is 0 Å². The highest BCUT2D eigenvalue weighted by Gasteiger charge is 2.30. The van der Waals surface area contributed by atoms with Crippen molar-refractivity contribution in [1.29, 1.82) is 0 Å². The summed E-state index contributed by atoms with van der Waals surface area (Å²) in [6.45, 7) is 0. The molecule has 0 N–H and O–H groups in total. The molecule has 2 nitrogen and oxygen atoms in total. The summed E-state index contributed by atoms with van der Waals surface area (Å²) >= 11 is 1.86. The van der Waals surface area contributed by atoms with Crippen molar-refractivity contribution in [3.8, 4) is 50.2 Å². The molecule has 64 heavy (non-hydrogen) atoms. The number of para-hydroxylation sites is 1. The summed E-state index contributed by atoms with van der Waals surface area (Å²) in [5.74, 6) is 0. The van der Waals surface area contributed by atoms with Gasteiger partial charge in [0.05, 0.1) is 11.0 Å². The van der Waals surface area contributed by atoms with Crippen molar-refractivity contribution >= 4 is 76.4 Å². The first kappa shape index (κ1) is 38.2. The van der Waals surface area contributed by atoms with Gasteiger partial charge in [0.1, 0.15) is 0 Å². The second-order valence-electron chi connectivity index (χ2n) is 16.4. The van der Waals surface area contributed by atoms with E-state index in [4.69, 9.17) is 0 Å². The minimum Gasteiger partial charge on any atom is -0.309 e. The molecule has 12 rings (SSSR count). The normalized spacial score (nSPS) is 11.8. The first-order valence-electron chi connectivity index (χ1n) is 21.7. The average Bonchev–Trinajstić information content (AvgIpc) is 3.92. The lowest BCUT2D eigenvalue weighted by Crippen LogP contribution is -2.24. The Morgan fingerprint density at radius 3 is 1.56 bits per heavy atom. The number of nitrogens with zero attached hydrogens (tertiary/aromatic N) is 1. The number of benzene rings is 10. The number of aromatic nitrogens is 1. The molecule has 0 radical (unpaired) electrons. The molecule has 0 unspecified atom stereocenters. The van der Waals surface area contributed by atoms with Crippen LogP contribution in [0.4, 0.5) is 0 Å². The first-order chi connectivity index (χ1) is 31.6. The van der Waals surface area contributed by atoms with Gasteiger partial charge >= 0.3 is 0 Å². The van der Waals surface area contributed by atoms with Crippen LogP contribution < -0.4 is 15.9 Å². The molecule has 302 valence electrons. The molecule has 0 atom stereocenters. The van der Waals surface area contributed by atoms with Crippen LogP contribution in [0.5, 0.6) is 0 Å². The van der Waals surface area contributed by atoms with Crippen molar-refractivity contribution in [2.45, 2.75) is 0 Å². The van der Waals surface area contributed by atoms with Gasteiger partial charge in [-0.3, -0.25) is 0 Å². The zero-order valence-electron chi connectivity index (χ0n) is 34.8. The van der Waals surface area contributed by atoms with Crippen LogP contribution in [0.15, 0.2) is 243 Å². The smallest absolute Gasteiger partial charge is 0.171 e. The molecule has 12 aromatic rings. The van der Waals surface area contributed by atoms with Crippen molar-refractivity contribution < 1.29 is 4.57 Å². The molecule has 4 heteroatoms. The van der Waals surface area contributed by atoms with Gasteiger partial charge in [-0.05, 0) is 105 Å². The Hall–Kier alpha value is -7.55. The van der Waals surface area contributed by atoms with E-state index < -0.39 is 7.14 Å². The van der Waals surface area contributed by atoms with E-state index in [-0.39, 0.29) is 0 Å². The van der Waals surface area contributed by atoms with Crippen LogP contribution in [0.25, 0.3) is 92.2 Å². The van der Waals surface area contributed by atoms with Crippen LogP contribution in [0.3, 0.4) is 0 Å². The highest BCUT2D eigenvalue weighted by molar-refractivity contribution is 7.85. The maximum absolute atomic E-state index is 15.5. The van der Waals surface area contributed by atoms with Crippen LogP contribution in [-0.4, -0.2) is 4.57 Å². The summed E-state index contributed by atoms with van der Waals surface area (Å²) in [4.78, 5) is 0. The van der Waals surface area contributed by atoms with Gasteiger partial charge in [0.2, 0.25) is 0 Å². The summed E-state index contributed by atoms with van der Waals surface area (Å²) in [7, 11) is -3.16. The molecule has 2 heterocycles. The zero-order chi connectivity index (χ0) is 42.6. The summed E-state index contributed by atoms with van der Waals surface area (Å²) in [5, 5.41) is 7.24. The minimum atomic E-state index is -3.16. The topological polar surface area (TPSA) is 22.0 Å². The van der Waals surface area contributed by atoms with Crippen LogP contribution in [-0.2, 0) is 4.57 Å². The lowest BCUT2D eigenvalue weighted by atomic mass is 9.95. The molecule has 0 bridgehead atoms. The minimum absolute atomic E-state index is 0.829. The Labute approximate surface area is 376 Å². The highest BCUT2D eigenvalue weighted by Crippen LogP contribution is 2.45. The lowest BCUT2D eigenvalue weighted by molar-refractivity contribution is 0.592. The van der Waals surface area contributed by atoms with Gasteiger partial charge in [-0.1, -0.05) is 182 Å². The largest absolute Gasteiger partial charge is 0.309 e. The van der Waals surface area contributed by atoms with Crippen molar-refractivity contribution in [1.82, 2.24) is 4.57 Å². The molecular formula is C60H40NOPS. The monoisotopic (exact) mass is 853 g/mol. The fraction of sp³-hybridized carbons (Fsp3) is 0. The van der Waals surface area contributed by atoms with Crippen molar-refractivity contribution in [3.63, 3.8) is 0 Å². The fourth-order valence-corrected chi connectivity index (χ4v) is 13.5. The summed E-state index contributed by atoms with van der Waals surface area (Å²) in [5.41, 5.74) is 12.9. The molecular weight excluding hydrogens is 814 g/mol. The van der Waals surface area contributed by atoms with Crippen LogP contribution in [0, 0.1) is 0 Å². The first-order valence-corrected chi connectivity index (χ1v) is 24.2. The van der Waals surface area contributed by atoms with E-state index >= 15 is 4.57 Å². The van der Waals surface area contributed by atoms with Crippen LogP contribution in [0.1, 0.15) is 0 Å². The lowest BCUT2D eigenvalue weighted by Gasteiger charge is -2.20.